The van der Waals surface area contributed by atoms with E-state index in [1.807, 2.05) is 34.9 Å². The highest BCUT2D eigenvalue weighted by Crippen LogP contribution is 2.47. The van der Waals surface area contributed by atoms with E-state index in [0.717, 1.165) is 28.9 Å². The Bertz CT molecular complexity index is 882. The Balaban J connectivity index is 1.22. The first-order valence-corrected chi connectivity index (χ1v) is 8.84. The minimum absolute atomic E-state index is 0.0339. The molecule has 1 aliphatic rings. The van der Waals surface area contributed by atoms with Crippen LogP contribution in [0.5, 0.6) is 0 Å². The lowest BCUT2D eigenvalue weighted by Gasteiger charge is -2.04. The maximum absolute atomic E-state index is 12.0. The first kappa shape index (κ1) is 15.9. The van der Waals surface area contributed by atoms with Crippen LogP contribution in [0.1, 0.15) is 43.0 Å². The minimum Gasteiger partial charge on any atom is -0.466 e. The van der Waals surface area contributed by atoms with Gasteiger partial charge in [-0.1, -0.05) is 13.0 Å². The summed E-state index contributed by atoms with van der Waals surface area (Å²) in [7, 11) is 0. The Hall–Kier alpha value is -2.63. The summed E-state index contributed by atoms with van der Waals surface area (Å²) in [5, 5.41) is 11.2. The zero-order valence-electron chi connectivity index (χ0n) is 14.3. The number of aryl methyl sites for hydroxylation is 1. The normalized spacial score (nSPS) is 19.2. The number of pyridine rings is 1. The second-order valence-electron chi connectivity index (χ2n) is 6.77. The Morgan fingerprint density at radius 1 is 1.28 bits per heavy atom. The van der Waals surface area contributed by atoms with Crippen molar-refractivity contribution in [2.24, 2.45) is 5.92 Å². The van der Waals surface area contributed by atoms with Crippen LogP contribution in [0.4, 0.5) is 0 Å². The standard InChI is InChI=1S/C19H22N4O2/c1-13-12-15(13)16-7-5-14(25-16)6-8-19(24)20-10-9-18-22-21-17-4-2-3-11-23(17)18/h2-5,7,11,13,15H,6,8-10,12H2,1H3,(H,20,24)/t13-,15+/m0/s1. The maximum Gasteiger partial charge on any atom is 0.220 e. The number of nitrogens with zero attached hydrogens (tertiary/aromatic N) is 3. The third-order valence-electron chi connectivity index (χ3n) is 4.81. The van der Waals surface area contributed by atoms with Gasteiger partial charge in [0.1, 0.15) is 17.3 Å². The van der Waals surface area contributed by atoms with Gasteiger partial charge in [0.15, 0.2) is 5.65 Å². The molecule has 25 heavy (non-hydrogen) atoms. The summed E-state index contributed by atoms with van der Waals surface area (Å²) >= 11 is 0. The van der Waals surface area contributed by atoms with Gasteiger partial charge in [0.2, 0.25) is 5.91 Å². The molecule has 2 atom stereocenters. The van der Waals surface area contributed by atoms with Gasteiger partial charge < -0.3 is 9.73 Å². The van der Waals surface area contributed by atoms with E-state index < -0.39 is 0 Å². The van der Waals surface area contributed by atoms with Crippen LogP contribution in [0, 0.1) is 5.92 Å². The zero-order chi connectivity index (χ0) is 17.2. The SMILES string of the molecule is C[C@H]1C[C@H]1c1ccc(CCC(=O)NCCc2nnc3ccccn23)o1. The number of fused-ring (bicyclic) bond motifs is 1. The highest BCUT2D eigenvalue weighted by atomic mass is 16.3. The summed E-state index contributed by atoms with van der Waals surface area (Å²) in [4.78, 5) is 12.0. The van der Waals surface area contributed by atoms with E-state index in [1.54, 1.807) is 0 Å². The summed E-state index contributed by atoms with van der Waals surface area (Å²) in [6, 6.07) is 9.83. The molecule has 0 spiro atoms. The molecular weight excluding hydrogens is 316 g/mol. The van der Waals surface area contributed by atoms with Crippen LogP contribution < -0.4 is 5.32 Å². The highest BCUT2D eigenvalue weighted by Gasteiger charge is 2.36. The number of aromatic nitrogens is 3. The summed E-state index contributed by atoms with van der Waals surface area (Å²) in [6.45, 7) is 2.79. The quantitative estimate of drug-likeness (QED) is 0.719. The topological polar surface area (TPSA) is 72.4 Å². The monoisotopic (exact) mass is 338 g/mol. The van der Waals surface area contributed by atoms with E-state index in [4.69, 9.17) is 4.42 Å². The molecular formula is C19H22N4O2. The molecule has 0 bridgehead atoms. The predicted octanol–water partition coefficient (Wildman–Crippen LogP) is 2.74. The molecule has 0 aliphatic heterocycles. The van der Waals surface area contributed by atoms with Gasteiger partial charge in [-0.05, 0) is 36.6 Å². The molecule has 3 aromatic rings. The molecule has 6 heteroatoms. The van der Waals surface area contributed by atoms with Crippen LogP contribution >= 0.6 is 0 Å². The number of hydrogen-bond donors (Lipinski definition) is 1. The lowest BCUT2D eigenvalue weighted by Crippen LogP contribution is -2.26. The fourth-order valence-electron chi connectivity index (χ4n) is 3.15. The lowest BCUT2D eigenvalue weighted by atomic mass is 10.2. The van der Waals surface area contributed by atoms with Crippen molar-refractivity contribution in [2.75, 3.05) is 6.54 Å². The molecule has 1 saturated carbocycles. The maximum atomic E-state index is 12.0. The third kappa shape index (κ3) is 3.57. The number of amides is 1. The van der Waals surface area contributed by atoms with Crippen molar-refractivity contribution in [1.29, 1.82) is 0 Å². The largest absolute Gasteiger partial charge is 0.466 e. The van der Waals surface area contributed by atoms with Crippen LogP contribution in [-0.2, 0) is 17.6 Å². The molecule has 1 amide bonds. The molecule has 130 valence electrons. The van der Waals surface area contributed by atoms with Crippen LogP contribution in [0.2, 0.25) is 0 Å². The summed E-state index contributed by atoms with van der Waals surface area (Å²) in [6.07, 6.45) is 4.88. The molecule has 0 unspecified atom stereocenters. The smallest absolute Gasteiger partial charge is 0.220 e. The second-order valence-corrected chi connectivity index (χ2v) is 6.77. The van der Waals surface area contributed by atoms with Crippen molar-refractivity contribution >= 4 is 11.6 Å². The van der Waals surface area contributed by atoms with Gasteiger partial charge in [0.05, 0.1) is 0 Å². The Morgan fingerprint density at radius 2 is 2.16 bits per heavy atom. The average molecular weight is 338 g/mol. The fourth-order valence-corrected chi connectivity index (χ4v) is 3.15. The Kier molecular flexibility index (Phi) is 4.26. The summed E-state index contributed by atoms with van der Waals surface area (Å²) in [5.41, 5.74) is 0.822. The molecule has 0 radical (unpaired) electrons. The molecule has 1 aliphatic carbocycles. The molecule has 6 nitrogen and oxygen atoms in total. The van der Waals surface area contributed by atoms with E-state index in [-0.39, 0.29) is 5.91 Å². The van der Waals surface area contributed by atoms with Gasteiger partial charge >= 0.3 is 0 Å². The first-order valence-electron chi connectivity index (χ1n) is 8.84. The predicted molar refractivity (Wildman–Crippen MR) is 93.3 cm³/mol. The van der Waals surface area contributed by atoms with E-state index in [9.17, 15) is 4.79 Å². The van der Waals surface area contributed by atoms with Gasteiger partial charge in [0, 0.05) is 37.9 Å². The lowest BCUT2D eigenvalue weighted by molar-refractivity contribution is -0.121. The van der Waals surface area contributed by atoms with Crippen molar-refractivity contribution in [3.05, 3.63) is 53.9 Å². The Morgan fingerprint density at radius 3 is 3.00 bits per heavy atom. The number of hydrogen-bond acceptors (Lipinski definition) is 4. The van der Waals surface area contributed by atoms with Crippen molar-refractivity contribution < 1.29 is 9.21 Å². The van der Waals surface area contributed by atoms with Gasteiger partial charge in [0.25, 0.3) is 0 Å². The van der Waals surface area contributed by atoms with Crippen molar-refractivity contribution in [1.82, 2.24) is 19.9 Å². The number of nitrogens with one attached hydrogen (secondary N) is 1. The molecule has 3 heterocycles. The van der Waals surface area contributed by atoms with Crippen LogP contribution in [0.3, 0.4) is 0 Å². The van der Waals surface area contributed by atoms with E-state index in [1.165, 1.54) is 6.42 Å². The van der Waals surface area contributed by atoms with Crippen molar-refractivity contribution in [2.45, 2.75) is 38.5 Å². The minimum atomic E-state index is 0.0339. The van der Waals surface area contributed by atoms with Gasteiger partial charge in [-0.3, -0.25) is 9.20 Å². The number of carbonyl (C=O) groups is 1. The first-order chi connectivity index (χ1) is 12.2. The third-order valence-corrected chi connectivity index (χ3v) is 4.81. The van der Waals surface area contributed by atoms with Crippen LogP contribution in [-0.4, -0.2) is 27.0 Å². The molecule has 3 aromatic heterocycles. The number of furan rings is 1. The Labute approximate surface area is 146 Å². The number of rotatable bonds is 7. The highest BCUT2D eigenvalue weighted by molar-refractivity contribution is 5.76. The number of carbonyl (C=O) groups excluding carboxylic acids is 1. The van der Waals surface area contributed by atoms with E-state index in [0.29, 0.717) is 31.7 Å². The molecule has 1 N–H and O–H groups in total. The fraction of sp³-hybridized carbons (Fsp3) is 0.421. The van der Waals surface area contributed by atoms with Gasteiger partial charge in [-0.2, -0.15) is 0 Å². The second kappa shape index (κ2) is 6.70. The molecule has 0 aromatic carbocycles. The summed E-state index contributed by atoms with van der Waals surface area (Å²) < 4.78 is 7.78. The summed E-state index contributed by atoms with van der Waals surface area (Å²) in [5.74, 6) is 4.17. The van der Waals surface area contributed by atoms with Crippen molar-refractivity contribution in [3.63, 3.8) is 0 Å². The average Bonchev–Trinajstić information content (AvgIpc) is 3.02. The molecule has 1 fully saturated rings. The van der Waals surface area contributed by atoms with E-state index in [2.05, 4.69) is 28.5 Å². The zero-order valence-corrected chi connectivity index (χ0v) is 14.3. The molecule has 4 rings (SSSR count). The van der Waals surface area contributed by atoms with Gasteiger partial charge in [-0.15, -0.1) is 10.2 Å². The molecule has 0 saturated heterocycles. The van der Waals surface area contributed by atoms with Gasteiger partial charge in [-0.25, -0.2) is 0 Å². The van der Waals surface area contributed by atoms with Crippen LogP contribution in [0.25, 0.3) is 5.65 Å². The van der Waals surface area contributed by atoms with Crippen LogP contribution in [0.15, 0.2) is 40.9 Å². The van der Waals surface area contributed by atoms with Crippen molar-refractivity contribution in [3.8, 4) is 0 Å². The van der Waals surface area contributed by atoms with E-state index >= 15 is 0 Å².